The number of rotatable bonds is 4. The maximum Gasteiger partial charge on any atom is 0.264 e. The van der Waals surface area contributed by atoms with Gasteiger partial charge in [-0.05, 0) is 12.0 Å². The van der Waals surface area contributed by atoms with Crippen LogP contribution in [0.3, 0.4) is 0 Å². The molecular formula is C12H16O5S. The molecule has 1 aromatic carbocycles. The van der Waals surface area contributed by atoms with Gasteiger partial charge in [-0.15, -0.1) is 0 Å². The van der Waals surface area contributed by atoms with Crippen LogP contribution in [0.1, 0.15) is 23.8 Å². The molecule has 18 heavy (non-hydrogen) atoms. The zero-order valence-corrected chi connectivity index (χ0v) is 11.0. The van der Waals surface area contributed by atoms with Crippen molar-refractivity contribution in [3.63, 3.8) is 0 Å². The predicted molar refractivity (Wildman–Crippen MR) is 65.3 cm³/mol. The Morgan fingerprint density at radius 3 is 2.61 bits per heavy atom. The van der Waals surface area contributed by atoms with Gasteiger partial charge in [-0.25, -0.2) is 0 Å². The molecule has 6 heteroatoms. The molecule has 0 saturated carbocycles. The van der Waals surface area contributed by atoms with Crippen molar-refractivity contribution in [3.8, 4) is 0 Å². The Morgan fingerprint density at radius 2 is 1.94 bits per heavy atom. The SMILES string of the molecule is CS(=O)(=O)OCc1ccccc1C1OCCCO1. The average Bonchev–Trinajstić information content (AvgIpc) is 2.37. The van der Waals surface area contributed by atoms with Gasteiger partial charge < -0.3 is 9.47 Å². The van der Waals surface area contributed by atoms with Crippen molar-refractivity contribution in [2.75, 3.05) is 19.5 Å². The first kappa shape index (κ1) is 13.5. The standard InChI is InChI=1S/C12H16O5S/c1-18(13,14)17-9-10-5-2-3-6-11(10)12-15-7-4-8-16-12/h2-3,5-6,12H,4,7-9H2,1H3. The summed E-state index contributed by atoms with van der Waals surface area (Å²) in [7, 11) is -3.45. The van der Waals surface area contributed by atoms with Crippen LogP contribution in [0, 0.1) is 0 Å². The largest absolute Gasteiger partial charge is 0.348 e. The molecule has 0 spiro atoms. The first-order valence-electron chi connectivity index (χ1n) is 5.72. The molecular weight excluding hydrogens is 256 g/mol. The van der Waals surface area contributed by atoms with Crippen LogP contribution in [0.15, 0.2) is 24.3 Å². The van der Waals surface area contributed by atoms with E-state index >= 15 is 0 Å². The molecule has 2 rings (SSSR count). The van der Waals surface area contributed by atoms with Crippen molar-refractivity contribution in [1.82, 2.24) is 0 Å². The second-order valence-electron chi connectivity index (χ2n) is 4.09. The van der Waals surface area contributed by atoms with Crippen LogP contribution in [0.4, 0.5) is 0 Å². The van der Waals surface area contributed by atoms with E-state index in [1.54, 1.807) is 0 Å². The third kappa shape index (κ3) is 3.78. The molecule has 0 atom stereocenters. The highest BCUT2D eigenvalue weighted by atomic mass is 32.2. The van der Waals surface area contributed by atoms with E-state index in [9.17, 15) is 8.42 Å². The number of hydrogen-bond donors (Lipinski definition) is 0. The van der Waals surface area contributed by atoms with Crippen LogP contribution in [-0.4, -0.2) is 27.9 Å². The molecule has 5 nitrogen and oxygen atoms in total. The lowest BCUT2D eigenvalue weighted by atomic mass is 10.1. The highest BCUT2D eigenvalue weighted by Crippen LogP contribution is 2.26. The maximum atomic E-state index is 11.0. The summed E-state index contributed by atoms with van der Waals surface area (Å²) < 4.78 is 37.8. The van der Waals surface area contributed by atoms with Crippen molar-refractivity contribution < 1.29 is 22.1 Å². The fourth-order valence-electron chi connectivity index (χ4n) is 1.73. The lowest BCUT2D eigenvalue weighted by Gasteiger charge is -2.25. The lowest BCUT2D eigenvalue weighted by molar-refractivity contribution is -0.183. The Balaban J connectivity index is 2.14. The van der Waals surface area contributed by atoms with Gasteiger partial charge in [0.15, 0.2) is 6.29 Å². The van der Waals surface area contributed by atoms with Crippen molar-refractivity contribution >= 4 is 10.1 Å². The average molecular weight is 272 g/mol. The van der Waals surface area contributed by atoms with Crippen LogP contribution in [0.5, 0.6) is 0 Å². The zero-order valence-electron chi connectivity index (χ0n) is 10.2. The van der Waals surface area contributed by atoms with Crippen LogP contribution < -0.4 is 0 Å². The van der Waals surface area contributed by atoms with Gasteiger partial charge in [-0.2, -0.15) is 8.42 Å². The quantitative estimate of drug-likeness (QED) is 0.779. The van der Waals surface area contributed by atoms with Gasteiger partial charge in [0, 0.05) is 5.56 Å². The van der Waals surface area contributed by atoms with E-state index in [1.165, 1.54) is 0 Å². The lowest BCUT2D eigenvalue weighted by Crippen LogP contribution is -2.19. The highest BCUT2D eigenvalue weighted by molar-refractivity contribution is 7.85. The Bertz CT molecular complexity index is 491. The molecule has 1 saturated heterocycles. The summed E-state index contributed by atoms with van der Waals surface area (Å²) in [6, 6.07) is 7.35. The summed E-state index contributed by atoms with van der Waals surface area (Å²) in [5.74, 6) is 0. The minimum Gasteiger partial charge on any atom is -0.348 e. The third-order valence-electron chi connectivity index (χ3n) is 2.56. The Morgan fingerprint density at radius 1 is 1.28 bits per heavy atom. The Kier molecular flexibility index (Phi) is 4.34. The van der Waals surface area contributed by atoms with Crippen LogP contribution in [0.2, 0.25) is 0 Å². The zero-order chi connectivity index (χ0) is 13.0. The van der Waals surface area contributed by atoms with Crippen molar-refractivity contribution in [1.29, 1.82) is 0 Å². The molecule has 0 N–H and O–H groups in total. The molecule has 1 fully saturated rings. The first-order chi connectivity index (χ1) is 8.56. The van der Waals surface area contributed by atoms with Crippen molar-refractivity contribution in [2.24, 2.45) is 0 Å². The van der Waals surface area contributed by atoms with Gasteiger partial charge in [0.2, 0.25) is 0 Å². The summed E-state index contributed by atoms with van der Waals surface area (Å²) in [5.41, 5.74) is 1.58. The molecule has 1 aromatic rings. The van der Waals surface area contributed by atoms with Gasteiger partial charge >= 0.3 is 0 Å². The number of ether oxygens (including phenoxy) is 2. The molecule has 0 unspecified atom stereocenters. The maximum absolute atomic E-state index is 11.0. The van der Waals surface area contributed by atoms with E-state index in [0.29, 0.717) is 13.2 Å². The molecule has 0 aliphatic carbocycles. The van der Waals surface area contributed by atoms with Crippen LogP contribution >= 0.6 is 0 Å². The Labute approximate surface area is 107 Å². The fourth-order valence-corrected chi connectivity index (χ4v) is 2.07. The summed E-state index contributed by atoms with van der Waals surface area (Å²) >= 11 is 0. The molecule has 1 aliphatic rings. The topological polar surface area (TPSA) is 61.8 Å². The summed E-state index contributed by atoms with van der Waals surface area (Å²) in [4.78, 5) is 0. The van der Waals surface area contributed by atoms with Gasteiger partial charge in [0.1, 0.15) is 0 Å². The number of benzene rings is 1. The van der Waals surface area contributed by atoms with Gasteiger partial charge in [0.05, 0.1) is 26.1 Å². The minimum absolute atomic E-state index is 0.00176. The smallest absolute Gasteiger partial charge is 0.264 e. The van der Waals surface area contributed by atoms with Gasteiger partial charge in [-0.3, -0.25) is 4.18 Å². The van der Waals surface area contributed by atoms with E-state index in [0.717, 1.165) is 23.8 Å². The molecule has 1 heterocycles. The van der Waals surface area contributed by atoms with Gasteiger partial charge in [-0.1, -0.05) is 24.3 Å². The molecule has 0 radical (unpaired) electrons. The van der Waals surface area contributed by atoms with E-state index < -0.39 is 16.4 Å². The predicted octanol–water partition coefficient (Wildman–Crippen LogP) is 1.60. The van der Waals surface area contributed by atoms with E-state index in [2.05, 4.69) is 0 Å². The third-order valence-corrected chi connectivity index (χ3v) is 3.11. The summed E-state index contributed by atoms with van der Waals surface area (Å²) in [6.07, 6.45) is 1.47. The molecule has 0 bridgehead atoms. The van der Waals surface area contributed by atoms with E-state index in [1.807, 2.05) is 24.3 Å². The summed E-state index contributed by atoms with van der Waals surface area (Å²) in [6.45, 7) is 1.29. The highest BCUT2D eigenvalue weighted by Gasteiger charge is 2.19. The van der Waals surface area contributed by atoms with Crippen LogP contribution in [0.25, 0.3) is 0 Å². The first-order valence-corrected chi connectivity index (χ1v) is 7.53. The second kappa shape index (κ2) is 5.79. The molecule has 0 aromatic heterocycles. The van der Waals surface area contributed by atoms with Gasteiger partial charge in [0.25, 0.3) is 10.1 Å². The fraction of sp³-hybridized carbons (Fsp3) is 0.500. The van der Waals surface area contributed by atoms with E-state index in [4.69, 9.17) is 13.7 Å². The normalized spacial score (nSPS) is 17.8. The van der Waals surface area contributed by atoms with E-state index in [-0.39, 0.29) is 6.61 Å². The molecule has 0 amide bonds. The summed E-state index contributed by atoms with van der Waals surface area (Å²) in [5, 5.41) is 0. The minimum atomic E-state index is -3.45. The van der Waals surface area contributed by atoms with Crippen LogP contribution in [-0.2, 0) is 30.4 Å². The number of hydrogen-bond acceptors (Lipinski definition) is 5. The second-order valence-corrected chi connectivity index (χ2v) is 5.74. The Hall–Kier alpha value is -0.950. The monoisotopic (exact) mass is 272 g/mol. The van der Waals surface area contributed by atoms with Crippen molar-refractivity contribution in [3.05, 3.63) is 35.4 Å². The molecule has 100 valence electrons. The molecule has 1 aliphatic heterocycles. The van der Waals surface area contributed by atoms with Crippen molar-refractivity contribution in [2.45, 2.75) is 19.3 Å².